The maximum Gasteiger partial charge on any atom is 0.227 e. The minimum Gasteiger partial charge on any atom is -0.411 e. The van der Waals surface area contributed by atoms with Crippen LogP contribution < -0.4 is 4.90 Å². The van der Waals surface area contributed by atoms with E-state index in [4.69, 9.17) is 9.94 Å². The average molecular weight is 290 g/mol. The zero-order chi connectivity index (χ0) is 15.1. The second kappa shape index (κ2) is 7.78. The molecule has 0 aliphatic carbocycles. The normalized spacial score (nSPS) is 16.6. The van der Waals surface area contributed by atoms with Gasteiger partial charge in [-0.3, -0.25) is 4.79 Å². The van der Waals surface area contributed by atoms with Crippen molar-refractivity contribution >= 4 is 17.3 Å². The van der Waals surface area contributed by atoms with Gasteiger partial charge in [0.05, 0.1) is 11.4 Å². The number of carbonyl (C=O) groups is 1. The molecule has 0 saturated heterocycles. The van der Waals surface area contributed by atoms with Gasteiger partial charge in [0, 0.05) is 31.7 Å². The summed E-state index contributed by atoms with van der Waals surface area (Å²) in [6, 6.07) is 7.61. The number of para-hydroxylation sites is 1. The number of carbonyl (C=O) groups excluding carboxylic acids is 1. The maximum absolute atomic E-state index is 12.4. The molecule has 1 heterocycles. The van der Waals surface area contributed by atoms with Crippen molar-refractivity contribution in [2.24, 2.45) is 5.16 Å². The van der Waals surface area contributed by atoms with E-state index in [1.807, 2.05) is 31.2 Å². The molecule has 1 aromatic carbocycles. The number of oxime groups is 1. The lowest BCUT2D eigenvalue weighted by Crippen LogP contribution is -2.31. The molecule has 2 rings (SSSR count). The summed E-state index contributed by atoms with van der Waals surface area (Å²) in [6.45, 7) is 3.89. The Morgan fingerprint density at radius 2 is 2.24 bits per heavy atom. The lowest BCUT2D eigenvalue weighted by molar-refractivity contribution is -0.119. The van der Waals surface area contributed by atoms with Crippen LogP contribution in [0.3, 0.4) is 0 Å². The van der Waals surface area contributed by atoms with E-state index in [1.165, 1.54) is 0 Å². The summed E-state index contributed by atoms with van der Waals surface area (Å²) in [7, 11) is 0. The minimum atomic E-state index is 0.0985. The number of nitrogens with zero attached hydrogens (tertiary/aromatic N) is 2. The van der Waals surface area contributed by atoms with E-state index < -0.39 is 0 Å². The van der Waals surface area contributed by atoms with E-state index in [0.717, 1.165) is 24.1 Å². The van der Waals surface area contributed by atoms with Gasteiger partial charge < -0.3 is 14.8 Å². The van der Waals surface area contributed by atoms with Gasteiger partial charge in [-0.1, -0.05) is 23.4 Å². The van der Waals surface area contributed by atoms with Crippen LogP contribution in [0.15, 0.2) is 29.4 Å². The summed E-state index contributed by atoms with van der Waals surface area (Å²) >= 11 is 0. The molecule has 1 aliphatic rings. The quantitative estimate of drug-likeness (QED) is 0.515. The van der Waals surface area contributed by atoms with Crippen LogP contribution in [0.4, 0.5) is 5.69 Å². The molecule has 5 nitrogen and oxygen atoms in total. The smallest absolute Gasteiger partial charge is 0.227 e. The fourth-order valence-corrected chi connectivity index (χ4v) is 2.58. The predicted molar refractivity (Wildman–Crippen MR) is 82.1 cm³/mol. The Labute approximate surface area is 125 Å². The third-order valence-corrected chi connectivity index (χ3v) is 3.61. The van der Waals surface area contributed by atoms with Gasteiger partial charge in [-0.2, -0.15) is 0 Å². The van der Waals surface area contributed by atoms with E-state index in [9.17, 15) is 4.79 Å². The van der Waals surface area contributed by atoms with Crippen LogP contribution in [-0.4, -0.2) is 36.6 Å². The van der Waals surface area contributed by atoms with Crippen molar-refractivity contribution in [3.05, 3.63) is 29.8 Å². The average Bonchev–Trinajstić information content (AvgIpc) is 2.70. The van der Waals surface area contributed by atoms with Gasteiger partial charge >= 0.3 is 0 Å². The van der Waals surface area contributed by atoms with Crippen LogP contribution >= 0.6 is 0 Å². The molecular formula is C16H22N2O3. The third-order valence-electron chi connectivity index (χ3n) is 3.61. The summed E-state index contributed by atoms with van der Waals surface area (Å²) in [6.07, 6.45) is 2.67. The standard InChI is InChI=1S/C16H22N2O3/c1-2-21-12-6-10-16(19)18-11-5-8-14(17-20)13-7-3-4-9-15(13)18/h3-4,7,9,20H,2,5-6,8,10-12H2,1H3/b17-14-. The monoisotopic (exact) mass is 290 g/mol. The zero-order valence-corrected chi connectivity index (χ0v) is 12.4. The summed E-state index contributed by atoms with van der Waals surface area (Å²) in [5, 5.41) is 12.5. The molecule has 0 fully saturated rings. The summed E-state index contributed by atoms with van der Waals surface area (Å²) < 4.78 is 5.28. The fourth-order valence-electron chi connectivity index (χ4n) is 2.58. The molecule has 0 unspecified atom stereocenters. The summed E-state index contributed by atoms with van der Waals surface area (Å²) in [5.74, 6) is 0.0985. The molecule has 21 heavy (non-hydrogen) atoms. The van der Waals surface area contributed by atoms with Crippen molar-refractivity contribution in [2.45, 2.75) is 32.6 Å². The molecule has 0 aromatic heterocycles. The molecule has 5 heteroatoms. The van der Waals surface area contributed by atoms with Crippen LogP contribution in [-0.2, 0) is 9.53 Å². The number of anilines is 1. The summed E-state index contributed by atoms with van der Waals surface area (Å²) in [4.78, 5) is 14.2. The van der Waals surface area contributed by atoms with Gasteiger partial charge in [-0.05, 0) is 32.3 Å². The number of benzene rings is 1. The summed E-state index contributed by atoms with van der Waals surface area (Å²) in [5.41, 5.74) is 2.33. The Morgan fingerprint density at radius 3 is 3.00 bits per heavy atom. The molecule has 1 N–H and O–H groups in total. The first-order chi connectivity index (χ1) is 10.3. The maximum atomic E-state index is 12.4. The Kier molecular flexibility index (Phi) is 5.75. The van der Waals surface area contributed by atoms with E-state index in [0.29, 0.717) is 38.3 Å². The van der Waals surface area contributed by atoms with Crippen LogP contribution in [0.5, 0.6) is 0 Å². The number of amides is 1. The second-order valence-electron chi connectivity index (χ2n) is 5.01. The Morgan fingerprint density at radius 1 is 1.43 bits per heavy atom. The minimum absolute atomic E-state index is 0.0985. The third kappa shape index (κ3) is 3.82. The lowest BCUT2D eigenvalue weighted by Gasteiger charge is -2.22. The SMILES string of the molecule is CCOCCCC(=O)N1CCC/C(=N/O)c2ccccc21. The Balaban J connectivity index is 2.14. The number of ether oxygens (including phenoxy) is 1. The van der Waals surface area contributed by atoms with Crippen LogP contribution in [0.2, 0.25) is 0 Å². The van der Waals surface area contributed by atoms with Crippen molar-refractivity contribution in [1.29, 1.82) is 0 Å². The molecule has 0 bridgehead atoms. The highest BCUT2D eigenvalue weighted by molar-refractivity contribution is 6.09. The van der Waals surface area contributed by atoms with Crippen LogP contribution in [0, 0.1) is 0 Å². The Hall–Kier alpha value is -1.88. The van der Waals surface area contributed by atoms with Gasteiger partial charge in [-0.25, -0.2) is 0 Å². The molecule has 1 aliphatic heterocycles. The van der Waals surface area contributed by atoms with Gasteiger partial charge in [0.1, 0.15) is 0 Å². The van der Waals surface area contributed by atoms with E-state index in [-0.39, 0.29) is 5.91 Å². The molecule has 0 saturated carbocycles. The van der Waals surface area contributed by atoms with Crippen molar-refractivity contribution in [2.75, 3.05) is 24.7 Å². The van der Waals surface area contributed by atoms with E-state index in [2.05, 4.69) is 5.16 Å². The first kappa shape index (κ1) is 15.5. The number of hydrogen-bond donors (Lipinski definition) is 1. The number of hydrogen-bond acceptors (Lipinski definition) is 4. The predicted octanol–water partition coefficient (Wildman–Crippen LogP) is 2.81. The molecule has 114 valence electrons. The highest BCUT2D eigenvalue weighted by Gasteiger charge is 2.23. The van der Waals surface area contributed by atoms with Gasteiger partial charge in [0.15, 0.2) is 0 Å². The van der Waals surface area contributed by atoms with Crippen molar-refractivity contribution in [3.8, 4) is 0 Å². The van der Waals surface area contributed by atoms with E-state index in [1.54, 1.807) is 4.90 Å². The van der Waals surface area contributed by atoms with Crippen molar-refractivity contribution in [1.82, 2.24) is 0 Å². The highest BCUT2D eigenvalue weighted by Crippen LogP contribution is 2.27. The molecule has 0 atom stereocenters. The van der Waals surface area contributed by atoms with Crippen molar-refractivity contribution in [3.63, 3.8) is 0 Å². The molecular weight excluding hydrogens is 268 g/mol. The largest absolute Gasteiger partial charge is 0.411 e. The Bertz CT molecular complexity index is 514. The first-order valence-electron chi connectivity index (χ1n) is 7.46. The van der Waals surface area contributed by atoms with E-state index >= 15 is 0 Å². The van der Waals surface area contributed by atoms with Gasteiger partial charge in [-0.15, -0.1) is 0 Å². The highest BCUT2D eigenvalue weighted by atomic mass is 16.5. The van der Waals surface area contributed by atoms with Gasteiger partial charge in [0.25, 0.3) is 0 Å². The zero-order valence-electron chi connectivity index (χ0n) is 12.4. The fraction of sp³-hybridized carbons (Fsp3) is 0.500. The molecule has 1 amide bonds. The number of rotatable bonds is 5. The molecule has 1 aromatic rings. The van der Waals surface area contributed by atoms with Crippen LogP contribution in [0.25, 0.3) is 0 Å². The number of fused-ring (bicyclic) bond motifs is 1. The first-order valence-corrected chi connectivity index (χ1v) is 7.46. The topological polar surface area (TPSA) is 62.1 Å². The van der Waals surface area contributed by atoms with Crippen molar-refractivity contribution < 1.29 is 14.7 Å². The van der Waals surface area contributed by atoms with Crippen LogP contribution in [0.1, 0.15) is 38.2 Å². The molecule has 0 radical (unpaired) electrons. The van der Waals surface area contributed by atoms with Gasteiger partial charge in [0.2, 0.25) is 5.91 Å². The second-order valence-corrected chi connectivity index (χ2v) is 5.01. The molecule has 0 spiro atoms. The lowest BCUT2D eigenvalue weighted by atomic mass is 10.1.